The first-order valence-electron chi connectivity index (χ1n) is 5.88. The molecule has 0 aromatic carbocycles. The maximum Gasteiger partial charge on any atom is 0.0558 e. The summed E-state index contributed by atoms with van der Waals surface area (Å²) >= 11 is 0. The van der Waals surface area contributed by atoms with Gasteiger partial charge in [0.05, 0.1) is 6.61 Å². The molecule has 1 aliphatic carbocycles. The predicted molar refractivity (Wildman–Crippen MR) is 64.0 cm³/mol. The highest BCUT2D eigenvalue weighted by atomic mass is 16.3. The molecule has 88 valence electrons. The minimum absolute atomic E-state index is 0.251. The molecule has 1 aliphatic rings. The molecule has 0 saturated heterocycles. The Kier molecular flexibility index (Phi) is 5.29. The summed E-state index contributed by atoms with van der Waals surface area (Å²) in [4.78, 5) is 2.34. The van der Waals surface area contributed by atoms with E-state index in [1.807, 2.05) is 0 Å². The van der Waals surface area contributed by atoms with Crippen LogP contribution in [0, 0.1) is 0 Å². The molecule has 0 radical (unpaired) electrons. The second-order valence-electron chi connectivity index (χ2n) is 4.71. The summed E-state index contributed by atoms with van der Waals surface area (Å²) in [7, 11) is 0. The average Bonchev–Trinajstić information content (AvgIpc) is 2.97. The van der Waals surface area contributed by atoms with Gasteiger partial charge in [-0.15, -0.1) is 0 Å². The first-order valence-corrected chi connectivity index (χ1v) is 5.88. The lowest BCUT2D eigenvalue weighted by Crippen LogP contribution is -2.34. The third kappa shape index (κ3) is 5.30. The highest BCUT2D eigenvalue weighted by Gasteiger charge is 2.28. The van der Waals surface area contributed by atoms with E-state index in [0.717, 1.165) is 19.6 Å². The minimum atomic E-state index is 0.251. The van der Waals surface area contributed by atoms with Gasteiger partial charge in [0.25, 0.3) is 0 Å². The van der Waals surface area contributed by atoms with Gasteiger partial charge in [-0.25, -0.2) is 0 Å². The standard InChI is InChI=1S/C12H24N2O/c1-10(2)13-8-11(3)9-14(6-7-15)12-4-5-12/h10,12-13,15H,3-9H2,1-2H3. The Labute approximate surface area is 93.2 Å². The third-order valence-electron chi connectivity index (χ3n) is 2.64. The fourth-order valence-corrected chi connectivity index (χ4v) is 1.65. The van der Waals surface area contributed by atoms with Gasteiger partial charge in [0, 0.05) is 31.7 Å². The summed E-state index contributed by atoms with van der Waals surface area (Å²) < 4.78 is 0. The number of aliphatic hydroxyl groups is 1. The molecule has 2 N–H and O–H groups in total. The Morgan fingerprint density at radius 1 is 1.53 bits per heavy atom. The number of hydrogen-bond donors (Lipinski definition) is 2. The molecule has 15 heavy (non-hydrogen) atoms. The second kappa shape index (κ2) is 6.26. The molecule has 3 nitrogen and oxygen atoms in total. The molecule has 0 aliphatic heterocycles. The van der Waals surface area contributed by atoms with Crippen LogP contribution in [0.4, 0.5) is 0 Å². The van der Waals surface area contributed by atoms with Crippen LogP contribution < -0.4 is 5.32 Å². The Balaban J connectivity index is 2.21. The van der Waals surface area contributed by atoms with Crippen LogP contribution in [0.25, 0.3) is 0 Å². The zero-order chi connectivity index (χ0) is 11.3. The first-order chi connectivity index (χ1) is 7.13. The van der Waals surface area contributed by atoms with E-state index in [-0.39, 0.29) is 6.61 Å². The smallest absolute Gasteiger partial charge is 0.0558 e. The van der Waals surface area contributed by atoms with E-state index in [0.29, 0.717) is 12.1 Å². The number of rotatable bonds is 8. The van der Waals surface area contributed by atoms with Crippen LogP contribution >= 0.6 is 0 Å². The largest absolute Gasteiger partial charge is 0.395 e. The predicted octanol–water partition coefficient (Wildman–Crippen LogP) is 0.997. The van der Waals surface area contributed by atoms with E-state index in [4.69, 9.17) is 5.11 Å². The average molecular weight is 212 g/mol. The molecule has 0 atom stereocenters. The summed E-state index contributed by atoms with van der Waals surface area (Å²) in [5.74, 6) is 0. The molecule has 0 aromatic rings. The van der Waals surface area contributed by atoms with Crippen molar-refractivity contribution in [1.82, 2.24) is 10.2 Å². The highest BCUT2D eigenvalue weighted by molar-refractivity contribution is 5.02. The monoisotopic (exact) mass is 212 g/mol. The van der Waals surface area contributed by atoms with Crippen LogP contribution in [-0.4, -0.2) is 48.3 Å². The number of nitrogens with one attached hydrogen (secondary N) is 1. The second-order valence-corrected chi connectivity index (χ2v) is 4.71. The van der Waals surface area contributed by atoms with E-state index in [2.05, 4.69) is 30.6 Å². The Morgan fingerprint density at radius 3 is 2.67 bits per heavy atom. The topological polar surface area (TPSA) is 35.5 Å². The van der Waals surface area contributed by atoms with Crippen molar-refractivity contribution in [3.8, 4) is 0 Å². The fraction of sp³-hybridized carbons (Fsp3) is 0.833. The van der Waals surface area contributed by atoms with E-state index >= 15 is 0 Å². The summed E-state index contributed by atoms with van der Waals surface area (Å²) in [6.07, 6.45) is 2.57. The normalized spacial score (nSPS) is 16.3. The van der Waals surface area contributed by atoms with E-state index in [1.165, 1.54) is 18.4 Å². The maximum absolute atomic E-state index is 8.96. The number of aliphatic hydroxyl groups excluding tert-OH is 1. The Hall–Kier alpha value is -0.380. The van der Waals surface area contributed by atoms with Crippen molar-refractivity contribution < 1.29 is 5.11 Å². The maximum atomic E-state index is 8.96. The van der Waals surface area contributed by atoms with E-state index < -0.39 is 0 Å². The molecule has 3 heteroatoms. The van der Waals surface area contributed by atoms with Gasteiger partial charge in [-0.2, -0.15) is 0 Å². The lowest BCUT2D eigenvalue weighted by atomic mass is 10.2. The summed E-state index contributed by atoms with van der Waals surface area (Å²) in [6, 6.07) is 1.21. The molecule has 0 heterocycles. The number of nitrogens with zero attached hydrogens (tertiary/aromatic N) is 1. The molecular formula is C12H24N2O. The Bertz CT molecular complexity index is 200. The number of hydrogen-bond acceptors (Lipinski definition) is 3. The van der Waals surface area contributed by atoms with Gasteiger partial charge >= 0.3 is 0 Å². The molecule has 0 aromatic heterocycles. The van der Waals surface area contributed by atoms with Crippen molar-refractivity contribution in [2.24, 2.45) is 0 Å². The zero-order valence-electron chi connectivity index (χ0n) is 10.00. The van der Waals surface area contributed by atoms with Gasteiger partial charge in [-0.05, 0) is 18.4 Å². The molecule has 1 fully saturated rings. The zero-order valence-corrected chi connectivity index (χ0v) is 10.00. The molecule has 0 bridgehead atoms. The Morgan fingerprint density at radius 2 is 2.20 bits per heavy atom. The van der Waals surface area contributed by atoms with Gasteiger partial charge in [-0.3, -0.25) is 4.90 Å². The molecule has 1 saturated carbocycles. The van der Waals surface area contributed by atoms with Gasteiger partial charge in [0.2, 0.25) is 0 Å². The van der Waals surface area contributed by atoms with E-state index in [9.17, 15) is 0 Å². The van der Waals surface area contributed by atoms with Crippen molar-refractivity contribution in [1.29, 1.82) is 0 Å². The van der Waals surface area contributed by atoms with Crippen LogP contribution in [0.5, 0.6) is 0 Å². The van der Waals surface area contributed by atoms with Crippen molar-refractivity contribution in [2.45, 2.75) is 38.8 Å². The van der Waals surface area contributed by atoms with Gasteiger partial charge < -0.3 is 10.4 Å². The first kappa shape index (κ1) is 12.7. The van der Waals surface area contributed by atoms with Crippen molar-refractivity contribution in [3.05, 3.63) is 12.2 Å². The molecule has 0 unspecified atom stereocenters. The minimum Gasteiger partial charge on any atom is -0.395 e. The van der Waals surface area contributed by atoms with Crippen LogP contribution in [0.1, 0.15) is 26.7 Å². The van der Waals surface area contributed by atoms with Crippen molar-refractivity contribution in [3.63, 3.8) is 0 Å². The molecule has 0 amide bonds. The summed E-state index contributed by atoms with van der Waals surface area (Å²) in [5.41, 5.74) is 1.21. The van der Waals surface area contributed by atoms with Crippen LogP contribution in [0.2, 0.25) is 0 Å². The van der Waals surface area contributed by atoms with Gasteiger partial charge in [0.1, 0.15) is 0 Å². The van der Waals surface area contributed by atoms with Crippen LogP contribution in [0.3, 0.4) is 0 Å². The molecule has 0 spiro atoms. The van der Waals surface area contributed by atoms with Gasteiger partial charge in [-0.1, -0.05) is 20.4 Å². The quantitative estimate of drug-likeness (QED) is 0.589. The SMILES string of the molecule is C=C(CNC(C)C)CN(CCO)C1CC1. The van der Waals surface area contributed by atoms with Gasteiger partial charge in [0.15, 0.2) is 0 Å². The molecular weight excluding hydrogens is 188 g/mol. The highest BCUT2D eigenvalue weighted by Crippen LogP contribution is 2.26. The van der Waals surface area contributed by atoms with Crippen molar-refractivity contribution in [2.75, 3.05) is 26.2 Å². The van der Waals surface area contributed by atoms with Crippen molar-refractivity contribution >= 4 is 0 Å². The summed E-state index contributed by atoms with van der Waals surface area (Å²) in [5, 5.41) is 12.3. The fourth-order valence-electron chi connectivity index (χ4n) is 1.65. The summed E-state index contributed by atoms with van der Waals surface area (Å²) in [6.45, 7) is 11.2. The lowest BCUT2D eigenvalue weighted by molar-refractivity contribution is 0.199. The van der Waals surface area contributed by atoms with E-state index in [1.54, 1.807) is 0 Å². The lowest BCUT2D eigenvalue weighted by Gasteiger charge is -2.22. The molecule has 1 rings (SSSR count). The van der Waals surface area contributed by atoms with Crippen LogP contribution in [-0.2, 0) is 0 Å². The third-order valence-corrected chi connectivity index (χ3v) is 2.64. The van der Waals surface area contributed by atoms with Crippen LogP contribution in [0.15, 0.2) is 12.2 Å².